The number of nitrogens with zero attached hydrogens (tertiary/aromatic N) is 4. The summed E-state index contributed by atoms with van der Waals surface area (Å²) in [5, 5.41) is 13.5. The van der Waals surface area contributed by atoms with E-state index in [0.717, 1.165) is 10.6 Å². The van der Waals surface area contributed by atoms with Gasteiger partial charge in [-0.15, -0.1) is 5.10 Å². The SMILES string of the molecule is Cc1ccc(Sc2ccc(NC(=O)Cn3cnnn3)cc2)c(C)c1. The highest BCUT2D eigenvalue weighted by Crippen LogP contribution is 2.31. The Morgan fingerprint density at radius 2 is 1.96 bits per heavy atom. The highest BCUT2D eigenvalue weighted by molar-refractivity contribution is 7.99. The van der Waals surface area contributed by atoms with Crippen LogP contribution in [0.3, 0.4) is 0 Å². The average molecular weight is 339 g/mol. The van der Waals surface area contributed by atoms with Gasteiger partial charge < -0.3 is 5.32 Å². The topological polar surface area (TPSA) is 72.7 Å². The quantitative estimate of drug-likeness (QED) is 0.773. The molecule has 0 aliphatic heterocycles. The largest absolute Gasteiger partial charge is 0.324 e. The summed E-state index contributed by atoms with van der Waals surface area (Å²) in [6.45, 7) is 4.29. The molecule has 122 valence electrons. The molecule has 0 bridgehead atoms. The number of amides is 1. The van der Waals surface area contributed by atoms with Gasteiger partial charge in [0.15, 0.2) is 0 Å². The van der Waals surface area contributed by atoms with Crippen molar-refractivity contribution in [1.29, 1.82) is 0 Å². The second-order valence-electron chi connectivity index (χ2n) is 5.45. The molecule has 2 aromatic carbocycles. The van der Waals surface area contributed by atoms with Crippen LogP contribution in [0.5, 0.6) is 0 Å². The van der Waals surface area contributed by atoms with Crippen LogP contribution in [0.25, 0.3) is 0 Å². The van der Waals surface area contributed by atoms with Crippen molar-refractivity contribution in [3.05, 3.63) is 59.9 Å². The van der Waals surface area contributed by atoms with E-state index in [1.54, 1.807) is 11.8 Å². The van der Waals surface area contributed by atoms with E-state index in [0.29, 0.717) is 0 Å². The zero-order valence-corrected chi connectivity index (χ0v) is 14.2. The number of nitrogens with one attached hydrogen (secondary N) is 1. The first-order valence-corrected chi connectivity index (χ1v) is 8.27. The van der Waals surface area contributed by atoms with E-state index in [-0.39, 0.29) is 12.5 Å². The van der Waals surface area contributed by atoms with E-state index in [1.807, 2.05) is 24.3 Å². The molecule has 3 aromatic rings. The molecule has 0 aliphatic rings. The standard InChI is InChI=1S/C17H17N5OS/c1-12-3-8-16(13(2)9-12)24-15-6-4-14(5-7-15)19-17(23)10-22-11-18-20-21-22/h3-9,11H,10H2,1-2H3,(H,19,23). The van der Waals surface area contributed by atoms with Crippen LogP contribution in [-0.4, -0.2) is 26.1 Å². The summed E-state index contributed by atoms with van der Waals surface area (Å²) < 4.78 is 1.37. The molecule has 0 saturated heterocycles. The lowest BCUT2D eigenvalue weighted by Gasteiger charge is -2.08. The summed E-state index contributed by atoms with van der Waals surface area (Å²) in [6, 6.07) is 14.2. The van der Waals surface area contributed by atoms with Crippen LogP contribution in [-0.2, 0) is 11.3 Å². The van der Waals surface area contributed by atoms with E-state index >= 15 is 0 Å². The maximum atomic E-state index is 11.9. The fraction of sp³-hybridized carbons (Fsp3) is 0.176. The highest BCUT2D eigenvalue weighted by atomic mass is 32.2. The maximum absolute atomic E-state index is 11.9. The predicted octanol–water partition coefficient (Wildman–Crippen LogP) is 3.08. The number of hydrogen-bond donors (Lipinski definition) is 1. The van der Waals surface area contributed by atoms with Crippen LogP contribution in [0.1, 0.15) is 11.1 Å². The van der Waals surface area contributed by atoms with Gasteiger partial charge in [0.2, 0.25) is 5.91 Å². The Labute approximate surface area is 144 Å². The molecule has 7 heteroatoms. The molecule has 24 heavy (non-hydrogen) atoms. The van der Waals surface area contributed by atoms with Crippen molar-refractivity contribution in [1.82, 2.24) is 20.2 Å². The lowest BCUT2D eigenvalue weighted by atomic mass is 10.2. The molecule has 0 atom stereocenters. The molecule has 0 saturated carbocycles. The number of benzene rings is 2. The molecule has 3 rings (SSSR count). The van der Waals surface area contributed by atoms with Gasteiger partial charge in [-0.2, -0.15) is 0 Å². The molecule has 0 aliphatic carbocycles. The predicted molar refractivity (Wildman–Crippen MR) is 92.9 cm³/mol. The van der Waals surface area contributed by atoms with Crippen LogP contribution in [0.2, 0.25) is 0 Å². The van der Waals surface area contributed by atoms with Crippen molar-refractivity contribution >= 4 is 23.4 Å². The Balaban J connectivity index is 1.61. The molecular formula is C17H17N5OS. The number of aromatic nitrogens is 4. The van der Waals surface area contributed by atoms with Gasteiger partial charge >= 0.3 is 0 Å². The Hall–Kier alpha value is -2.67. The van der Waals surface area contributed by atoms with Crippen LogP contribution in [0.4, 0.5) is 5.69 Å². The summed E-state index contributed by atoms with van der Waals surface area (Å²) in [6.07, 6.45) is 1.41. The van der Waals surface area contributed by atoms with Crippen LogP contribution < -0.4 is 5.32 Å². The van der Waals surface area contributed by atoms with Gasteiger partial charge in [0.05, 0.1) is 0 Å². The third kappa shape index (κ3) is 4.20. The summed E-state index contributed by atoms with van der Waals surface area (Å²) in [5.41, 5.74) is 3.27. The first kappa shape index (κ1) is 16.2. The number of hydrogen-bond acceptors (Lipinski definition) is 5. The average Bonchev–Trinajstić information content (AvgIpc) is 3.04. The minimum absolute atomic E-state index is 0.0893. The van der Waals surface area contributed by atoms with Crippen molar-refractivity contribution in [2.24, 2.45) is 0 Å². The van der Waals surface area contributed by atoms with Crippen LogP contribution >= 0.6 is 11.8 Å². The summed E-state index contributed by atoms with van der Waals surface area (Å²) in [7, 11) is 0. The van der Waals surface area contributed by atoms with E-state index in [9.17, 15) is 4.79 Å². The van der Waals surface area contributed by atoms with Crippen molar-refractivity contribution < 1.29 is 4.79 Å². The summed E-state index contributed by atoms with van der Waals surface area (Å²) >= 11 is 1.71. The highest BCUT2D eigenvalue weighted by Gasteiger charge is 2.06. The van der Waals surface area contributed by atoms with Gasteiger partial charge in [0.25, 0.3) is 0 Å². The van der Waals surface area contributed by atoms with Gasteiger partial charge in [-0.3, -0.25) is 4.79 Å². The van der Waals surface area contributed by atoms with Crippen LogP contribution in [0, 0.1) is 13.8 Å². The van der Waals surface area contributed by atoms with Gasteiger partial charge in [0, 0.05) is 15.5 Å². The zero-order valence-electron chi connectivity index (χ0n) is 13.4. The fourth-order valence-corrected chi connectivity index (χ4v) is 3.13. The van der Waals surface area contributed by atoms with Crippen molar-refractivity contribution in [2.75, 3.05) is 5.32 Å². The number of rotatable bonds is 5. The first-order chi connectivity index (χ1) is 11.6. The molecule has 0 fully saturated rings. The lowest BCUT2D eigenvalue weighted by Crippen LogP contribution is -2.19. The normalized spacial score (nSPS) is 10.6. The van der Waals surface area contributed by atoms with Crippen molar-refractivity contribution in [2.45, 2.75) is 30.2 Å². The molecule has 0 unspecified atom stereocenters. The number of tetrazole rings is 1. The van der Waals surface area contributed by atoms with Crippen molar-refractivity contribution in [3.63, 3.8) is 0 Å². The first-order valence-electron chi connectivity index (χ1n) is 7.46. The van der Waals surface area contributed by atoms with E-state index in [1.165, 1.54) is 27.0 Å². The Morgan fingerprint density at radius 3 is 2.62 bits per heavy atom. The van der Waals surface area contributed by atoms with Gasteiger partial charge in [-0.05, 0) is 60.2 Å². The monoisotopic (exact) mass is 339 g/mol. The third-order valence-electron chi connectivity index (χ3n) is 3.39. The second-order valence-corrected chi connectivity index (χ2v) is 6.57. The number of aryl methyl sites for hydroxylation is 2. The van der Waals surface area contributed by atoms with Crippen LogP contribution in [0.15, 0.2) is 58.6 Å². The van der Waals surface area contributed by atoms with Crippen molar-refractivity contribution in [3.8, 4) is 0 Å². The Bertz CT molecular complexity index is 831. The molecule has 0 radical (unpaired) electrons. The Morgan fingerprint density at radius 1 is 1.17 bits per heavy atom. The second kappa shape index (κ2) is 7.27. The molecule has 0 spiro atoms. The smallest absolute Gasteiger partial charge is 0.246 e. The number of carbonyl (C=O) groups is 1. The minimum atomic E-state index is -0.169. The summed E-state index contributed by atoms with van der Waals surface area (Å²) in [4.78, 5) is 14.3. The summed E-state index contributed by atoms with van der Waals surface area (Å²) in [5.74, 6) is -0.169. The fourth-order valence-electron chi connectivity index (χ4n) is 2.25. The molecule has 1 amide bonds. The maximum Gasteiger partial charge on any atom is 0.246 e. The van der Waals surface area contributed by atoms with E-state index in [4.69, 9.17) is 0 Å². The molecular weight excluding hydrogens is 322 g/mol. The van der Waals surface area contributed by atoms with E-state index < -0.39 is 0 Å². The minimum Gasteiger partial charge on any atom is -0.324 e. The van der Waals surface area contributed by atoms with E-state index in [2.05, 4.69) is 52.9 Å². The molecule has 6 nitrogen and oxygen atoms in total. The number of anilines is 1. The third-order valence-corrected chi connectivity index (χ3v) is 4.58. The van der Waals surface area contributed by atoms with Gasteiger partial charge in [-0.25, -0.2) is 4.68 Å². The Kier molecular flexibility index (Phi) is 4.90. The zero-order chi connectivity index (χ0) is 16.9. The number of carbonyl (C=O) groups excluding carboxylic acids is 1. The molecule has 1 heterocycles. The lowest BCUT2D eigenvalue weighted by molar-refractivity contribution is -0.116. The molecule has 1 aromatic heterocycles. The van der Waals surface area contributed by atoms with Gasteiger partial charge in [-0.1, -0.05) is 29.5 Å². The van der Waals surface area contributed by atoms with Gasteiger partial charge in [0.1, 0.15) is 12.9 Å². The molecule has 1 N–H and O–H groups in total.